The van der Waals surface area contributed by atoms with Gasteiger partial charge < -0.3 is 5.11 Å². The number of aryl methyl sites for hydroxylation is 1. The molecule has 0 bridgehead atoms. The largest absolute Gasteiger partial charge is 0.493 e. The van der Waals surface area contributed by atoms with Crippen LogP contribution in [0.1, 0.15) is 46.1 Å². The van der Waals surface area contributed by atoms with Crippen molar-refractivity contribution in [2.24, 2.45) is 0 Å². The average Bonchev–Trinajstić information content (AvgIpc) is 2.42. The molecule has 0 aliphatic rings. The van der Waals surface area contributed by atoms with Gasteiger partial charge in [0.25, 0.3) is 0 Å². The summed E-state index contributed by atoms with van der Waals surface area (Å²) in [4.78, 5) is 0. The van der Waals surface area contributed by atoms with E-state index in [1.165, 1.54) is 0 Å². The van der Waals surface area contributed by atoms with Gasteiger partial charge in [-0.25, -0.2) is 4.68 Å². The summed E-state index contributed by atoms with van der Waals surface area (Å²) in [7, 11) is 0. The van der Waals surface area contributed by atoms with Crippen molar-refractivity contribution >= 4 is 0 Å². The molecule has 3 heteroatoms. The molecule has 3 nitrogen and oxygen atoms in total. The first-order chi connectivity index (χ1) is 6.46. The van der Waals surface area contributed by atoms with Gasteiger partial charge in [-0.3, -0.25) is 0 Å². The summed E-state index contributed by atoms with van der Waals surface area (Å²) in [5.74, 6) is 0.325. The zero-order chi connectivity index (χ0) is 10.8. The Balaban J connectivity index is 2.86. The molecule has 0 spiro atoms. The van der Waals surface area contributed by atoms with Gasteiger partial charge in [-0.2, -0.15) is 5.10 Å². The fraction of sp³-hybridized carbons (Fsp3) is 0.727. The zero-order valence-corrected chi connectivity index (χ0v) is 9.54. The summed E-state index contributed by atoms with van der Waals surface area (Å²) in [5, 5.41) is 14.1. The topological polar surface area (TPSA) is 38.0 Å². The first-order valence-corrected chi connectivity index (χ1v) is 5.22. The van der Waals surface area contributed by atoms with Crippen molar-refractivity contribution in [3.8, 4) is 5.88 Å². The Kier molecular flexibility index (Phi) is 3.19. The Morgan fingerprint density at radius 2 is 2.07 bits per heavy atom. The standard InChI is InChI=1S/C11H20N2O/c1-5-6-7-13-10(14)9(8-12-13)11(2,3)4/h8,14H,5-7H2,1-4H3. The van der Waals surface area contributed by atoms with Crippen LogP contribution in [-0.2, 0) is 12.0 Å². The Bertz CT molecular complexity index is 297. The third-order valence-electron chi connectivity index (χ3n) is 2.34. The third kappa shape index (κ3) is 2.28. The van der Waals surface area contributed by atoms with E-state index >= 15 is 0 Å². The van der Waals surface area contributed by atoms with E-state index < -0.39 is 0 Å². The van der Waals surface area contributed by atoms with E-state index in [1.54, 1.807) is 10.9 Å². The van der Waals surface area contributed by atoms with Crippen LogP contribution in [0.5, 0.6) is 5.88 Å². The van der Waals surface area contributed by atoms with E-state index in [2.05, 4.69) is 32.8 Å². The van der Waals surface area contributed by atoms with Gasteiger partial charge in [-0.15, -0.1) is 0 Å². The molecule has 80 valence electrons. The zero-order valence-electron chi connectivity index (χ0n) is 9.54. The number of hydrogen-bond donors (Lipinski definition) is 1. The summed E-state index contributed by atoms with van der Waals surface area (Å²) in [6.45, 7) is 9.17. The quantitative estimate of drug-likeness (QED) is 0.807. The monoisotopic (exact) mass is 196 g/mol. The highest BCUT2D eigenvalue weighted by Crippen LogP contribution is 2.30. The molecule has 0 fully saturated rings. The fourth-order valence-corrected chi connectivity index (χ4v) is 1.38. The van der Waals surface area contributed by atoms with Crippen LogP contribution >= 0.6 is 0 Å². The van der Waals surface area contributed by atoms with Crippen molar-refractivity contribution in [1.29, 1.82) is 0 Å². The van der Waals surface area contributed by atoms with Crippen LogP contribution in [-0.4, -0.2) is 14.9 Å². The Morgan fingerprint density at radius 3 is 2.50 bits per heavy atom. The molecule has 0 saturated carbocycles. The summed E-state index contributed by atoms with van der Waals surface area (Å²) in [6, 6.07) is 0. The van der Waals surface area contributed by atoms with Gasteiger partial charge >= 0.3 is 0 Å². The van der Waals surface area contributed by atoms with Crippen molar-refractivity contribution < 1.29 is 5.11 Å². The molecule has 0 aromatic carbocycles. The minimum atomic E-state index is -0.0332. The second-order valence-corrected chi connectivity index (χ2v) is 4.71. The predicted molar refractivity (Wildman–Crippen MR) is 57.5 cm³/mol. The fourth-order valence-electron chi connectivity index (χ4n) is 1.38. The molecule has 1 aromatic heterocycles. The van der Waals surface area contributed by atoms with Gasteiger partial charge in [0.2, 0.25) is 5.88 Å². The van der Waals surface area contributed by atoms with E-state index in [4.69, 9.17) is 0 Å². The van der Waals surface area contributed by atoms with Crippen LogP contribution < -0.4 is 0 Å². The smallest absolute Gasteiger partial charge is 0.213 e. The number of aromatic hydroxyl groups is 1. The highest BCUT2D eigenvalue weighted by molar-refractivity contribution is 5.29. The highest BCUT2D eigenvalue weighted by atomic mass is 16.3. The first-order valence-electron chi connectivity index (χ1n) is 5.22. The molecule has 0 saturated heterocycles. The lowest BCUT2D eigenvalue weighted by Crippen LogP contribution is -2.10. The maximum Gasteiger partial charge on any atom is 0.213 e. The molecule has 1 rings (SSSR count). The lowest BCUT2D eigenvalue weighted by atomic mass is 9.89. The molecule has 1 N–H and O–H groups in total. The predicted octanol–water partition coefficient (Wildman–Crippen LogP) is 2.69. The molecular weight excluding hydrogens is 176 g/mol. The van der Waals surface area contributed by atoms with Crippen molar-refractivity contribution in [1.82, 2.24) is 9.78 Å². The van der Waals surface area contributed by atoms with Gasteiger partial charge in [0.15, 0.2) is 0 Å². The minimum Gasteiger partial charge on any atom is -0.493 e. The SMILES string of the molecule is CCCCn1ncc(C(C)(C)C)c1O. The lowest BCUT2D eigenvalue weighted by Gasteiger charge is -2.16. The van der Waals surface area contributed by atoms with Crippen LogP contribution in [0.25, 0.3) is 0 Å². The summed E-state index contributed by atoms with van der Waals surface area (Å²) in [6.07, 6.45) is 3.94. The summed E-state index contributed by atoms with van der Waals surface area (Å²) >= 11 is 0. The van der Waals surface area contributed by atoms with Crippen molar-refractivity contribution in [2.45, 2.75) is 52.5 Å². The third-order valence-corrected chi connectivity index (χ3v) is 2.34. The second kappa shape index (κ2) is 4.03. The maximum absolute atomic E-state index is 9.89. The van der Waals surface area contributed by atoms with Gasteiger partial charge in [0.05, 0.1) is 6.20 Å². The molecule has 0 atom stereocenters. The second-order valence-electron chi connectivity index (χ2n) is 4.71. The Morgan fingerprint density at radius 1 is 1.43 bits per heavy atom. The molecule has 0 aliphatic carbocycles. The minimum absolute atomic E-state index is 0.0332. The normalized spacial score (nSPS) is 12.0. The molecular formula is C11H20N2O. The van der Waals surface area contributed by atoms with E-state index in [0.717, 1.165) is 24.9 Å². The van der Waals surface area contributed by atoms with Crippen LogP contribution in [0.4, 0.5) is 0 Å². The highest BCUT2D eigenvalue weighted by Gasteiger charge is 2.21. The van der Waals surface area contributed by atoms with Gasteiger partial charge in [0, 0.05) is 12.1 Å². The van der Waals surface area contributed by atoms with Crippen LogP contribution in [0.15, 0.2) is 6.20 Å². The van der Waals surface area contributed by atoms with Gasteiger partial charge in [0.1, 0.15) is 0 Å². The van der Waals surface area contributed by atoms with Crippen molar-refractivity contribution in [3.63, 3.8) is 0 Å². The summed E-state index contributed by atoms with van der Waals surface area (Å²) < 4.78 is 1.68. The van der Waals surface area contributed by atoms with Gasteiger partial charge in [-0.05, 0) is 11.8 Å². The molecule has 0 radical (unpaired) electrons. The van der Waals surface area contributed by atoms with Crippen LogP contribution in [0, 0.1) is 0 Å². The van der Waals surface area contributed by atoms with Crippen LogP contribution in [0.3, 0.4) is 0 Å². The van der Waals surface area contributed by atoms with E-state index in [1.807, 2.05) is 0 Å². The molecule has 0 aliphatic heterocycles. The van der Waals surface area contributed by atoms with Crippen molar-refractivity contribution in [3.05, 3.63) is 11.8 Å². The number of unbranched alkanes of at least 4 members (excludes halogenated alkanes) is 1. The molecule has 0 unspecified atom stereocenters. The molecule has 0 amide bonds. The Hall–Kier alpha value is -0.990. The Labute approximate surface area is 85.8 Å². The first kappa shape index (κ1) is 11.1. The molecule has 14 heavy (non-hydrogen) atoms. The van der Waals surface area contributed by atoms with E-state index in [9.17, 15) is 5.11 Å². The molecule has 1 heterocycles. The van der Waals surface area contributed by atoms with E-state index in [-0.39, 0.29) is 5.41 Å². The number of hydrogen-bond acceptors (Lipinski definition) is 2. The summed E-state index contributed by atoms with van der Waals surface area (Å²) in [5.41, 5.74) is 0.891. The number of aromatic nitrogens is 2. The molecule has 1 aromatic rings. The van der Waals surface area contributed by atoms with Crippen molar-refractivity contribution in [2.75, 3.05) is 0 Å². The number of rotatable bonds is 3. The maximum atomic E-state index is 9.89. The van der Waals surface area contributed by atoms with E-state index in [0.29, 0.717) is 5.88 Å². The number of nitrogens with zero attached hydrogens (tertiary/aromatic N) is 2. The van der Waals surface area contributed by atoms with Gasteiger partial charge in [-0.1, -0.05) is 34.1 Å². The van der Waals surface area contributed by atoms with Crippen LogP contribution in [0.2, 0.25) is 0 Å². The lowest BCUT2D eigenvalue weighted by molar-refractivity contribution is 0.380. The average molecular weight is 196 g/mol.